The molecule has 1 saturated heterocycles. The maximum absolute atomic E-state index is 14.3. The van der Waals surface area contributed by atoms with Gasteiger partial charge in [-0.3, -0.25) is 4.72 Å². The first-order chi connectivity index (χ1) is 12.7. The first-order valence-corrected chi connectivity index (χ1v) is 11.0. The number of hydrogen-bond donors (Lipinski definition) is 2. The number of anilines is 2. The third kappa shape index (κ3) is 4.62. The zero-order valence-electron chi connectivity index (χ0n) is 15.5. The molecule has 2 aromatic carbocycles. The Morgan fingerprint density at radius 2 is 1.81 bits per heavy atom. The second kappa shape index (κ2) is 7.77. The molecule has 1 aliphatic rings. The standard InChI is InChI=1S/C19H23BrFN3O2S/c1-12-8-15(20)4-7-19(12)27(25,26)23-18-9-16(5-6-17(18)21)24-10-13(2)22-14(3)11-24/h4-9,13-14,22-23H,10-11H2,1-3H3. The van der Waals surface area contributed by atoms with Gasteiger partial charge in [0.25, 0.3) is 10.0 Å². The highest BCUT2D eigenvalue weighted by Gasteiger charge is 2.23. The lowest BCUT2D eigenvalue weighted by molar-refractivity contribution is 0.407. The van der Waals surface area contributed by atoms with E-state index in [1.165, 1.54) is 12.1 Å². The van der Waals surface area contributed by atoms with Crippen molar-refractivity contribution in [3.05, 3.63) is 52.3 Å². The molecule has 0 radical (unpaired) electrons. The van der Waals surface area contributed by atoms with E-state index >= 15 is 0 Å². The fourth-order valence-electron chi connectivity index (χ4n) is 3.44. The monoisotopic (exact) mass is 455 g/mol. The van der Waals surface area contributed by atoms with E-state index in [-0.39, 0.29) is 10.6 Å². The summed E-state index contributed by atoms with van der Waals surface area (Å²) in [5, 5.41) is 3.44. The quantitative estimate of drug-likeness (QED) is 0.733. The van der Waals surface area contributed by atoms with E-state index in [4.69, 9.17) is 0 Å². The van der Waals surface area contributed by atoms with E-state index in [0.29, 0.717) is 17.6 Å². The number of nitrogens with zero attached hydrogens (tertiary/aromatic N) is 1. The van der Waals surface area contributed by atoms with E-state index in [1.54, 1.807) is 31.2 Å². The van der Waals surface area contributed by atoms with Crippen LogP contribution < -0.4 is 14.9 Å². The van der Waals surface area contributed by atoms with Gasteiger partial charge in [-0.1, -0.05) is 15.9 Å². The van der Waals surface area contributed by atoms with Gasteiger partial charge in [-0.15, -0.1) is 0 Å². The molecule has 27 heavy (non-hydrogen) atoms. The first-order valence-electron chi connectivity index (χ1n) is 8.75. The molecule has 2 aromatic rings. The third-order valence-electron chi connectivity index (χ3n) is 4.54. The Morgan fingerprint density at radius 1 is 1.15 bits per heavy atom. The average Bonchev–Trinajstić information content (AvgIpc) is 2.55. The highest BCUT2D eigenvalue weighted by molar-refractivity contribution is 9.10. The minimum absolute atomic E-state index is 0.0475. The van der Waals surface area contributed by atoms with Crippen molar-refractivity contribution < 1.29 is 12.8 Å². The van der Waals surface area contributed by atoms with Crippen LogP contribution in [-0.4, -0.2) is 33.6 Å². The van der Waals surface area contributed by atoms with Gasteiger partial charge in [-0.2, -0.15) is 0 Å². The van der Waals surface area contributed by atoms with Crippen LogP contribution in [0.1, 0.15) is 19.4 Å². The summed E-state index contributed by atoms with van der Waals surface area (Å²) in [7, 11) is -3.89. The number of halogens is 2. The Balaban J connectivity index is 1.90. The van der Waals surface area contributed by atoms with Gasteiger partial charge in [0.1, 0.15) is 5.82 Å². The van der Waals surface area contributed by atoms with Gasteiger partial charge >= 0.3 is 0 Å². The van der Waals surface area contributed by atoms with Crippen molar-refractivity contribution in [2.24, 2.45) is 0 Å². The molecule has 2 atom stereocenters. The molecule has 2 N–H and O–H groups in total. The van der Waals surface area contributed by atoms with Crippen LogP contribution in [0.2, 0.25) is 0 Å². The minimum Gasteiger partial charge on any atom is -0.368 e. The second-order valence-electron chi connectivity index (χ2n) is 7.05. The third-order valence-corrected chi connectivity index (χ3v) is 6.56. The van der Waals surface area contributed by atoms with E-state index in [0.717, 1.165) is 23.2 Å². The maximum atomic E-state index is 14.3. The van der Waals surface area contributed by atoms with Gasteiger partial charge in [-0.05, 0) is 62.7 Å². The topological polar surface area (TPSA) is 61.4 Å². The number of sulfonamides is 1. The first kappa shape index (κ1) is 20.1. The predicted octanol–water partition coefficient (Wildman–Crippen LogP) is 3.88. The summed E-state index contributed by atoms with van der Waals surface area (Å²) in [6.07, 6.45) is 0. The summed E-state index contributed by atoms with van der Waals surface area (Å²) in [6.45, 7) is 7.43. The van der Waals surface area contributed by atoms with Crippen molar-refractivity contribution in [1.29, 1.82) is 0 Å². The molecule has 1 heterocycles. The summed E-state index contributed by atoms with van der Waals surface area (Å²) in [4.78, 5) is 2.26. The Labute approximate surface area is 168 Å². The van der Waals surface area contributed by atoms with Gasteiger partial charge < -0.3 is 10.2 Å². The molecule has 0 aromatic heterocycles. The fraction of sp³-hybridized carbons (Fsp3) is 0.368. The molecule has 1 fully saturated rings. The zero-order chi connectivity index (χ0) is 19.8. The van der Waals surface area contributed by atoms with Crippen LogP contribution in [0.25, 0.3) is 0 Å². The molecule has 2 unspecified atom stereocenters. The van der Waals surface area contributed by atoms with Crippen LogP contribution in [0.4, 0.5) is 15.8 Å². The fourth-order valence-corrected chi connectivity index (χ4v) is 5.20. The highest BCUT2D eigenvalue weighted by atomic mass is 79.9. The summed E-state index contributed by atoms with van der Waals surface area (Å²) < 4.78 is 43.0. The van der Waals surface area contributed by atoms with Crippen LogP contribution >= 0.6 is 15.9 Å². The molecule has 0 aliphatic carbocycles. The summed E-state index contributed by atoms with van der Waals surface area (Å²) in [5.41, 5.74) is 1.33. The number of benzene rings is 2. The predicted molar refractivity (Wildman–Crippen MR) is 110 cm³/mol. The molecule has 3 rings (SSSR count). The van der Waals surface area contributed by atoms with Crippen molar-refractivity contribution in [1.82, 2.24) is 5.32 Å². The zero-order valence-corrected chi connectivity index (χ0v) is 17.9. The highest BCUT2D eigenvalue weighted by Crippen LogP contribution is 2.28. The average molecular weight is 456 g/mol. The van der Waals surface area contributed by atoms with Crippen molar-refractivity contribution in [2.75, 3.05) is 22.7 Å². The molecule has 0 amide bonds. The molecule has 0 bridgehead atoms. The lowest BCUT2D eigenvalue weighted by Crippen LogP contribution is -2.54. The van der Waals surface area contributed by atoms with Crippen LogP contribution in [0.5, 0.6) is 0 Å². The number of nitrogens with one attached hydrogen (secondary N) is 2. The SMILES string of the molecule is Cc1cc(Br)ccc1S(=O)(=O)Nc1cc(N2CC(C)NC(C)C2)ccc1F. The smallest absolute Gasteiger partial charge is 0.262 e. The number of hydrogen-bond acceptors (Lipinski definition) is 4. The largest absolute Gasteiger partial charge is 0.368 e. The van der Waals surface area contributed by atoms with Crippen molar-refractivity contribution in [2.45, 2.75) is 37.8 Å². The molecule has 8 heteroatoms. The second-order valence-corrected chi connectivity index (χ2v) is 9.62. The molecule has 1 aliphatic heterocycles. The lowest BCUT2D eigenvalue weighted by atomic mass is 10.1. The lowest BCUT2D eigenvalue weighted by Gasteiger charge is -2.37. The van der Waals surface area contributed by atoms with Gasteiger partial charge in [0.15, 0.2) is 0 Å². The van der Waals surface area contributed by atoms with E-state index in [2.05, 4.69) is 44.7 Å². The van der Waals surface area contributed by atoms with Crippen molar-refractivity contribution in [3.63, 3.8) is 0 Å². The van der Waals surface area contributed by atoms with Gasteiger partial charge in [0.05, 0.1) is 10.6 Å². The summed E-state index contributed by atoms with van der Waals surface area (Å²) in [5.74, 6) is -0.603. The number of aryl methyl sites for hydroxylation is 1. The normalized spacial score (nSPS) is 20.6. The van der Waals surface area contributed by atoms with Crippen LogP contribution in [0.3, 0.4) is 0 Å². The molecule has 0 saturated carbocycles. The Morgan fingerprint density at radius 3 is 2.44 bits per heavy atom. The van der Waals surface area contributed by atoms with Crippen LogP contribution in [0.15, 0.2) is 45.8 Å². The Bertz CT molecular complexity index is 942. The van der Waals surface area contributed by atoms with E-state index < -0.39 is 15.8 Å². The van der Waals surface area contributed by atoms with E-state index in [1.807, 2.05) is 0 Å². The molecule has 146 valence electrons. The van der Waals surface area contributed by atoms with E-state index in [9.17, 15) is 12.8 Å². The molecular weight excluding hydrogens is 433 g/mol. The molecule has 0 spiro atoms. The molecule has 5 nitrogen and oxygen atoms in total. The van der Waals surface area contributed by atoms with Crippen molar-refractivity contribution >= 4 is 37.3 Å². The van der Waals surface area contributed by atoms with Crippen LogP contribution in [0, 0.1) is 12.7 Å². The number of rotatable bonds is 4. The molecular formula is C19H23BrFN3O2S. The van der Waals surface area contributed by atoms with Crippen molar-refractivity contribution in [3.8, 4) is 0 Å². The summed E-state index contributed by atoms with van der Waals surface area (Å²) in [6, 6.07) is 10.0. The number of piperazine rings is 1. The minimum atomic E-state index is -3.89. The Kier molecular flexibility index (Phi) is 5.79. The van der Waals surface area contributed by atoms with Gasteiger partial charge in [0.2, 0.25) is 0 Å². The summed E-state index contributed by atoms with van der Waals surface area (Å²) >= 11 is 3.32. The van der Waals surface area contributed by atoms with Gasteiger partial charge in [-0.25, -0.2) is 12.8 Å². The van der Waals surface area contributed by atoms with Crippen LogP contribution in [-0.2, 0) is 10.0 Å². The Hall–Kier alpha value is -1.64. The maximum Gasteiger partial charge on any atom is 0.262 e. The van der Waals surface area contributed by atoms with Gasteiger partial charge in [0, 0.05) is 35.3 Å².